The van der Waals surface area contributed by atoms with E-state index < -0.39 is 0 Å². The fourth-order valence-corrected chi connectivity index (χ4v) is 7.71. The number of carbonyl (C=O) groups excluding carboxylic acids is 2. The van der Waals surface area contributed by atoms with E-state index in [-0.39, 0.29) is 11.3 Å². The largest absolute Gasteiger partial charge is 0.350 e. The Labute approximate surface area is 184 Å². The summed E-state index contributed by atoms with van der Waals surface area (Å²) in [6, 6.07) is 8.26. The van der Waals surface area contributed by atoms with Crippen molar-refractivity contribution in [3.05, 3.63) is 36.0 Å². The normalized spacial score (nSPS) is 32.1. The number of benzene rings is 1. The van der Waals surface area contributed by atoms with E-state index >= 15 is 0 Å². The van der Waals surface area contributed by atoms with E-state index in [1.54, 1.807) is 0 Å². The molecule has 0 unspecified atom stereocenters. The lowest BCUT2D eigenvalue weighted by Gasteiger charge is -2.57. The number of piperazine rings is 1. The maximum absolute atomic E-state index is 13.6. The second-order valence-electron chi connectivity index (χ2n) is 10.8. The molecule has 0 atom stereocenters. The molecule has 1 aromatic heterocycles. The number of hydrogen-bond acceptors (Lipinski definition) is 2. The number of carbonyl (C=O) groups is 2. The van der Waals surface area contributed by atoms with E-state index in [1.807, 2.05) is 24.1 Å². The summed E-state index contributed by atoms with van der Waals surface area (Å²) in [6.45, 7) is 2.73. The molecule has 0 radical (unpaired) electrons. The molecule has 1 aromatic carbocycles. The number of rotatable bonds is 3. The summed E-state index contributed by atoms with van der Waals surface area (Å²) in [5, 5.41) is 1.16. The van der Waals surface area contributed by atoms with Gasteiger partial charge in [0.25, 0.3) is 0 Å². The molecule has 7 rings (SSSR count). The fourth-order valence-electron chi connectivity index (χ4n) is 7.71. The van der Waals surface area contributed by atoms with Crippen molar-refractivity contribution in [1.29, 1.82) is 0 Å². The van der Waals surface area contributed by atoms with Crippen LogP contribution in [0.15, 0.2) is 30.5 Å². The van der Waals surface area contributed by atoms with Gasteiger partial charge in [-0.1, -0.05) is 18.2 Å². The van der Waals surface area contributed by atoms with E-state index in [9.17, 15) is 9.59 Å². The van der Waals surface area contributed by atoms with Crippen molar-refractivity contribution < 1.29 is 9.59 Å². The highest BCUT2D eigenvalue weighted by Crippen LogP contribution is 2.60. The van der Waals surface area contributed by atoms with Gasteiger partial charge in [0.2, 0.25) is 11.8 Å². The first-order valence-corrected chi connectivity index (χ1v) is 12.1. The summed E-state index contributed by atoms with van der Waals surface area (Å²) in [6.07, 6.45) is 9.97. The predicted octanol–water partition coefficient (Wildman–Crippen LogP) is 3.61. The molecule has 2 amide bonds. The van der Waals surface area contributed by atoms with Crippen LogP contribution in [0.1, 0.15) is 44.1 Å². The van der Waals surface area contributed by atoms with Gasteiger partial charge in [0.05, 0.1) is 11.8 Å². The number of fused-ring (bicyclic) bond motifs is 1. The number of hydrogen-bond donors (Lipinski definition) is 0. The van der Waals surface area contributed by atoms with Crippen LogP contribution >= 0.6 is 0 Å². The summed E-state index contributed by atoms with van der Waals surface area (Å²) in [5.74, 6) is 2.96. The van der Waals surface area contributed by atoms with E-state index in [4.69, 9.17) is 0 Å². The molecule has 2 aromatic rings. The highest BCUT2D eigenvalue weighted by atomic mass is 16.2. The lowest BCUT2D eigenvalue weighted by Crippen LogP contribution is -2.58. The molecule has 4 aliphatic carbocycles. The lowest BCUT2D eigenvalue weighted by atomic mass is 9.49. The number of para-hydroxylation sites is 1. The Kier molecular flexibility index (Phi) is 4.45. The molecule has 164 valence electrons. The maximum Gasteiger partial charge on any atom is 0.228 e. The highest BCUT2D eigenvalue weighted by molar-refractivity contribution is 5.89. The minimum atomic E-state index is -0.0656. The van der Waals surface area contributed by atoms with Gasteiger partial charge in [-0.25, -0.2) is 0 Å². The minimum absolute atomic E-state index is 0.0656. The molecule has 5 fully saturated rings. The van der Waals surface area contributed by atoms with Crippen molar-refractivity contribution in [2.24, 2.45) is 30.2 Å². The van der Waals surface area contributed by atoms with Crippen molar-refractivity contribution in [3.8, 4) is 0 Å². The first-order valence-electron chi connectivity index (χ1n) is 12.1. The monoisotopic (exact) mass is 419 g/mol. The van der Waals surface area contributed by atoms with Gasteiger partial charge in [-0.3, -0.25) is 9.59 Å². The van der Waals surface area contributed by atoms with Crippen molar-refractivity contribution in [3.63, 3.8) is 0 Å². The maximum atomic E-state index is 13.6. The molecular formula is C26H33N3O2. The molecular weight excluding hydrogens is 386 g/mol. The van der Waals surface area contributed by atoms with Crippen LogP contribution in [0.3, 0.4) is 0 Å². The van der Waals surface area contributed by atoms with Crippen molar-refractivity contribution >= 4 is 22.7 Å². The van der Waals surface area contributed by atoms with Gasteiger partial charge >= 0.3 is 0 Å². The molecule has 0 spiro atoms. The van der Waals surface area contributed by atoms with Gasteiger partial charge in [0, 0.05) is 50.3 Å². The van der Waals surface area contributed by atoms with Crippen LogP contribution in [0.25, 0.3) is 10.9 Å². The van der Waals surface area contributed by atoms with Gasteiger partial charge < -0.3 is 14.4 Å². The third-order valence-electron chi connectivity index (χ3n) is 8.73. The predicted molar refractivity (Wildman–Crippen MR) is 120 cm³/mol. The average Bonchev–Trinajstić information content (AvgIpc) is 3.08. The van der Waals surface area contributed by atoms with Crippen LogP contribution in [0.5, 0.6) is 0 Å². The topological polar surface area (TPSA) is 45.6 Å². The van der Waals surface area contributed by atoms with Crippen LogP contribution in [0.4, 0.5) is 0 Å². The minimum Gasteiger partial charge on any atom is -0.350 e. The van der Waals surface area contributed by atoms with Crippen LogP contribution in [0, 0.1) is 23.2 Å². The quantitative estimate of drug-likeness (QED) is 0.763. The van der Waals surface area contributed by atoms with Crippen molar-refractivity contribution in [2.75, 3.05) is 26.2 Å². The summed E-state index contributed by atoms with van der Waals surface area (Å²) >= 11 is 0. The van der Waals surface area contributed by atoms with Crippen LogP contribution in [-0.4, -0.2) is 52.4 Å². The summed E-state index contributed by atoms with van der Waals surface area (Å²) in [5.41, 5.74) is 2.19. The Bertz CT molecular complexity index is 995. The van der Waals surface area contributed by atoms with Crippen molar-refractivity contribution in [1.82, 2.24) is 14.4 Å². The molecule has 1 saturated heterocycles. The molecule has 31 heavy (non-hydrogen) atoms. The Morgan fingerprint density at radius 3 is 2.13 bits per heavy atom. The molecule has 1 aliphatic heterocycles. The van der Waals surface area contributed by atoms with E-state index in [1.165, 1.54) is 19.3 Å². The number of aryl methyl sites for hydroxylation is 1. The zero-order valence-corrected chi connectivity index (χ0v) is 18.6. The fraction of sp³-hybridized carbons (Fsp3) is 0.615. The molecule has 4 bridgehead atoms. The second kappa shape index (κ2) is 7.11. The van der Waals surface area contributed by atoms with Crippen molar-refractivity contribution in [2.45, 2.75) is 44.9 Å². The van der Waals surface area contributed by atoms with E-state index in [0.717, 1.165) is 53.5 Å². The SMILES string of the molecule is Cn1cc(CC(=O)N2CCN(C(=O)C34CC5CC(CC(C5)C3)C4)CC2)c2ccccc21. The van der Waals surface area contributed by atoms with E-state index in [2.05, 4.69) is 27.8 Å². The van der Waals surface area contributed by atoms with Crippen LogP contribution in [0.2, 0.25) is 0 Å². The number of amides is 2. The van der Waals surface area contributed by atoms with Gasteiger partial charge in [-0.2, -0.15) is 0 Å². The summed E-state index contributed by atoms with van der Waals surface area (Å²) < 4.78 is 2.10. The summed E-state index contributed by atoms with van der Waals surface area (Å²) in [7, 11) is 2.03. The first kappa shape index (κ1) is 19.4. The smallest absolute Gasteiger partial charge is 0.228 e. The van der Waals surface area contributed by atoms with Gasteiger partial charge in [0.15, 0.2) is 0 Å². The first-order chi connectivity index (χ1) is 15.0. The van der Waals surface area contributed by atoms with E-state index in [0.29, 0.717) is 38.5 Å². The van der Waals surface area contributed by atoms with Crippen LogP contribution < -0.4 is 0 Å². The molecule has 4 saturated carbocycles. The number of nitrogens with zero attached hydrogens (tertiary/aromatic N) is 3. The van der Waals surface area contributed by atoms with Gasteiger partial charge in [-0.15, -0.1) is 0 Å². The zero-order chi connectivity index (χ0) is 21.2. The zero-order valence-electron chi connectivity index (χ0n) is 18.6. The van der Waals surface area contributed by atoms with Crippen LogP contribution in [-0.2, 0) is 23.1 Å². The Hall–Kier alpha value is -2.30. The molecule has 0 N–H and O–H groups in total. The third-order valence-corrected chi connectivity index (χ3v) is 8.73. The lowest BCUT2D eigenvalue weighted by molar-refractivity contribution is -0.160. The summed E-state index contributed by atoms with van der Waals surface area (Å²) in [4.78, 5) is 30.7. The average molecular weight is 420 g/mol. The Morgan fingerprint density at radius 1 is 0.903 bits per heavy atom. The third kappa shape index (κ3) is 3.19. The number of aromatic nitrogens is 1. The standard InChI is InChI=1S/C26H33N3O2/c1-27-17-21(22-4-2-3-5-23(22)27)13-24(30)28-6-8-29(9-7-28)25(31)26-14-18-10-19(15-26)12-20(11-18)16-26/h2-5,17-20H,6-16H2,1H3. The van der Waals surface area contributed by atoms with Gasteiger partial charge in [-0.05, 0) is 67.9 Å². The molecule has 5 nitrogen and oxygen atoms in total. The molecule has 5 heteroatoms. The Balaban J connectivity index is 1.10. The molecule has 2 heterocycles. The molecule has 5 aliphatic rings. The second-order valence-corrected chi connectivity index (χ2v) is 10.8. The van der Waals surface area contributed by atoms with Gasteiger partial charge in [0.1, 0.15) is 0 Å². The highest BCUT2D eigenvalue weighted by Gasteiger charge is 2.55. The Morgan fingerprint density at radius 2 is 1.48 bits per heavy atom.